The third-order valence-corrected chi connectivity index (χ3v) is 2.26. The third-order valence-electron chi connectivity index (χ3n) is 2.26. The standard InChI is InChI=1S/C11H9NO4/c1-5(13)9-7(14)3-2-6-4-8(11(12)15)16-10(6)9/h2-4,14H,1H3,(H2,12,15). The first-order valence-corrected chi connectivity index (χ1v) is 4.57. The van der Waals surface area contributed by atoms with Crippen LogP contribution in [0.2, 0.25) is 0 Å². The minimum Gasteiger partial charge on any atom is -0.507 e. The summed E-state index contributed by atoms with van der Waals surface area (Å²) in [6, 6.07) is 4.36. The monoisotopic (exact) mass is 219 g/mol. The number of phenolic OH excluding ortho intramolecular Hbond substituents is 1. The van der Waals surface area contributed by atoms with Gasteiger partial charge in [-0.25, -0.2) is 0 Å². The summed E-state index contributed by atoms with van der Waals surface area (Å²) in [5.41, 5.74) is 5.30. The summed E-state index contributed by atoms with van der Waals surface area (Å²) in [5.74, 6) is -1.27. The van der Waals surface area contributed by atoms with Crippen LogP contribution in [0.3, 0.4) is 0 Å². The van der Waals surface area contributed by atoms with E-state index in [1.807, 2.05) is 0 Å². The SMILES string of the molecule is CC(=O)c1c(O)ccc2cc(C(N)=O)oc12. The zero-order valence-electron chi connectivity index (χ0n) is 8.48. The highest BCUT2D eigenvalue weighted by molar-refractivity contribution is 6.08. The molecule has 0 aliphatic rings. The molecule has 0 unspecified atom stereocenters. The van der Waals surface area contributed by atoms with Crippen LogP contribution >= 0.6 is 0 Å². The average molecular weight is 219 g/mol. The molecule has 0 spiro atoms. The lowest BCUT2D eigenvalue weighted by Crippen LogP contribution is -2.09. The Kier molecular flexibility index (Phi) is 2.16. The van der Waals surface area contributed by atoms with Crippen molar-refractivity contribution in [3.05, 3.63) is 29.5 Å². The minimum absolute atomic E-state index is 0.0388. The molecule has 2 rings (SSSR count). The Hall–Kier alpha value is -2.30. The van der Waals surface area contributed by atoms with Crippen LogP contribution < -0.4 is 5.73 Å². The maximum absolute atomic E-state index is 11.3. The van der Waals surface area contributed by atoms with E-state index in [9.17, 15) is 14.7 Å². The molecular formula is C11H9NO4. The van der Waals surface area contributed by atoms with Gasteiger partial charge in [0.05, 0.1) is 0 Å². The van der Waals surface area contributed by atoms with Gasteiger partial charge in [-0.2, -0.15) is 0 Å². The summed E-state index contributed by atoms with van der Waals surface area (Å²) in [6.45, 7) is 1.31. The maximum atomic E-state index is 11.3. The molecule has 16 heavy (non-hydrogen) atoms. The number of furan rings is 1. The molecule has 2 aromatic rings. The number of nitrogens with two attached hydrogens (primary N) is 1. The molecule has 0 atom stereocenters. The number of primary amides is 1. The molecule has 1 aromatic carbocycles. The second-order valence-corrected chi connectivity index (χ2v) is 3.41. The van der Waals surface area contributed by atoms with Crippen molar-refractivity contribution in [1.29, 1.82) is 0 Å². The first-order valence-electron chi connectivity index (χ1n) is 4.57. The molecule has 0 saturated heterocycles. The second-order valence-electron chi connectivity index (χ2n) is 3.41. The van der Waals surface area contributed by atoms with Crippen molar-refractivity contribution in [3.8, 4) is 5.75 Å². The van der Waals surface area contributed by atoms with E-state index < -0.39 is 5.91 Å². The fourth-order valence-electron chi connectivity index (χ4n) is 1.55. The minimum atomic E-state index is -0.717. The predicted molar refractivity (Wildman–Crippen MR) is 56.4 cm³/mol. The van der Waals surface area contributed by atoms with Crippen LogP contribution in [0.4, 0.5) is 0 Å². The van der Waals surface area contributed by atoms with Gasteiger partial charge >= 0.3 is 0 Å². The van der Waals surface area contributed by atoms with Crippen molar-refractivity contribution in [3.63, 3.8) is 0 Å². The van der Waals surface area contributed by atoms with Gasteiger partial charge in [0, 0.05) is 5.39 Å². The summed E-state index contributed by atoms with van der Waals surface area (Å²) in [7, 11) is 0. The number of carbonyl (C=O) groups is 2. The molecule has 1 heterocycles. The van der Waals surface area contributed by atoms with E-state index in [0.717, 1.165) is 0 Å². The van der Waals surface area contributed by atoms with E-state index in [2.05, 4.69) is 0 Å². The Labute approximate surface area is 90.5 Å². The third kappa shape index (κ3) is 1.42. The number of benzene rings is 1. The van der Waals surface area contributed by atoms with Gasteiger partial charge in [-0.1, -0.05) is 0 Å². The number of aromatic hydroxyl groups is 1. The summed E-state index contributed by atoms with van der Waals surface area (Å²) < 4.78 is 5.15. The Morgan fingerprint density at radius 3 is 2.62 bits per heavy atom. The van der Waals surface area contributed by atoms with Crippen LogP contribution in [0.5, 0.6) is 5.75 Å². The largest absolute Gasteiger partial charge is 0.507 e. The second kappa shape index (κ2) is 3.37. The van der Waals surface area contributed by atoms with Crippen molar-refractivity contribution < 1.29 is 19.1 Å². The molecule has 0 saturated carbocycles. The maximum Gasteiger partial charge on any atom is 0.284 e. The Bertz CT molecular complexity index is 597. The van der Waals surface area contributed by atoms with Crippen LogP contribution in [0.15, 0.2) is 22.6 Å². The molecule has 5 heteroatoms. The van der Waals surface area contributed by atoms with Crippen LogP contribution in [0, 0.1) is 0 Å². The van der Waals surface area contributed by atoms with Crippen LogP contribution in [0.1, 0.15) is 27.8 Å². The lowest BCUT2D eigenvalue weighted by Gasteiger charge is -2.00. The van der Waals surface area contributed by atoms with E-state index in [1.165, 1.54) is 19.1 Å². The van der Waals surface area contributed by atoms with Crippen molar-refractivity contribution in [2.24, 2.45) is 5.73 Å². The van der Waals surface area contributed by atoms with Crippen molar-refractivity contribution in [2.45, 2.75) is 6.92 Å². The first kappa shape index (κ1) is 10.2. The van der Waals surface area contributed by atoms with E-state index in [-0.39, 0.29) is 28.4 Å². The Morgan fingerprint density at radius 2 is 2.06 bits per heavy atom. The van der Waals surface area contributed by atoms with E-state index in [0.29, 0.717) is 5.39 Å². The van der Waals surface area contributed by atoms with Crippen LogP contribution in [0.25, 0.3) is 11.0 Å². The summed E-state index contributed by atoms with van der Waals surface area (Å²) in [5, 5.41) is 10.1. The summed E-state index contributed by atoms with van der Waals surface area (Å²) in [4.78, 5) is 22.2. The zero-order chi connectivity index (χ0) is 11.9. The highest BCUT2D eigenvalue weighted by Crippen LogP contribution is 2.29. The molecule has 1 aromatic heterocycles. The number of phenols is 1. The fourth-order valence-corrected chi connectivity index (χ4v) is 1.55. The number of carbonyl (C=O) groups excluding carboxylic acids is 2. The Balaban J connectivity index is 2.82. The molecule has 1 amide bonds. The number of amides is 1. The summed E-state index contributed by atoms with van der Waals surface area (Å²) >= 11 is 0. The number of Topliss-reactive ketones (excluding diaryl/α,β-unsaturated/α-hetero) is 1. The van der Waals surface area contributed by atoms with Gasteiger partial charge in [0.15, 0.2) is 11.5 Å². The van der Waals surface area contributed by atoms with Crippen LogP contribution in [-0.2, 0) is 0 Å². The van der Waals surface area contributed by atoms with Crippen LogP contribution in [-0.4, -0.2) is 16.8 Å². The molecule has 0 aliphatic carbocycles. The smallest absolute Gasteiger partial charge is 0.284 e. The van der Waals surface area contributed by atoms with Crippen molar-refractivity contribution in [2.75, 3.05) is 0 Å². The zero-order valence-corrected chi connectivity index (χ0v) is 8.48. The Morgan fingerprint density at radius 1 is 1.38 bits per heavy atom. The average Bonchev–Trinajstić information content (AvgIpc) is 2.60. The topological polar surface area (TPSA) is 93.5 Å². The van der Waals surface area contributed by atoms with Crippen molar-refractivity contribution >= 4 is 22.7 Å². The molecule has 0 bridgehead atoms. The molecule has 0 fully saturated rings. The van der Waals surface area contributed by atoms with Gasteiger partial charge in [-0.15, -0.1) is 0 Å². The number of rotatable bonds is 2. The van der Waals surface area contributed by atoms with E-state index >= 15 is 0 Å². The molecule has 5 nitrogen and oxygen atoms in total. The molecule has 0 radical (unpaired) electrons. The molecule has 3 N–H and O–H groups in total. The van der Waals surface area contributed by atoms with Gasteiger partial charge in [-0.05, 0) is 25.1 Å². The van der Waals surface area contributed by atoms with Gasteiger partial charge in [0.25, 0.3) is 5.91 Å². The highest BCUT2D eigenvalue weighted by atomic mass is 16.3. The number of ketones is 1. The van der Waals surface area contributed by atoms with Gasteiger partial charge in [-0.3, -0.25) is 9.59 Å². The highest BCUT2D eigenvalue weighted by Gasteiger charge is 2.17. The fraction of sp³-hybridized carbons (Fsp3) is 0.0909. The normalized spacial score (nSPS) is 10.6. The van der Waals surface area contributed by atoms with Gasteiger partial charge in [0.2, 0.25) is 0 Å². The van der Waals surface area contributed by atoms with E-state index in [4.69, 9.17) is 10.2 Å². The summed E-state index contributed by atoms with van der Waals surface area (Å²) in [6.07, 6.45) is 0. The van der Waals surface area contributed by atoms with Crippen molar-refractivity contribution in [1.82, 2.24) is 0 Å². The lowest BCUT2D eigenvalue weighted by atomic mass is 10.1. The van der Waals surface area contributed by atoms with E-state index in [1.54, 1.807) is 6.07 Å². The van der Waals surface area contributed by atoms with Gasteiger partial charge < -0.3 is 15.3 Å². The quantitative estimate of drug-likeness (QED) is 0.747. The first-order chi connectivity index (χ1) is 7.50. The number of hydrogen-bond donors (Lipinski definition) is 2. The number of fused-ring (bicyclic) bond motifs is 1. The molecule has 82 valence electrons. The lowest BCUT2D eigenvalue weighted by molar-refractivity contribution is 0.0971. The molecular weight excluding hydrogens is 210 g/mol. The predicted octanol–water partition coefficient (Wildman–Crippen LogP) is 1.44. The van der Waals surface area contributed by atoms with Gasteiger partial charge in [0.1, 0.15) is 16.9 Å². The molecule has 0 aliphatic heterocycles. The number of hydrogen-bond acceptors (Lipinski definition) is 4.